The van der Waals surface area contributed by atoms with Gasteiger partial charge in [0.05, 0.1) is 12.7 Å². The number of nitrogens with one attached hydrogen (secondary N) is 1. The topological polar surface area (TPSA) is 47.3 Å². The summed E-state index contributed by atoms with van der Waals surface area (Å²) < 4.78 is 5.87. The molecule has 2 heterocycles. The first-order chi connectivity index (χ1) is 6.66. The molecule has 3 heteroatoms. The number of rotatable bonds is 1. The molecular weight excluding hydrogens is 176 g/mol. The van der Waals surface area contributed by atoms with Gasteiger partial charge in [-0.2, -0.15) is 0 Å². The second kappa shape index (κ2) is 3.80. The van der Waals surface area contributed by atoms with Crippen molar-refractivity contribution in [3.63, 3.8) is 0 Å². The van der Waals surface area contributed by atoms with E-state index in [1.54, 1.807) is 0 Å². The van der Waals surface area contributed by atoms with Crippen LogP contribution < -0.4 is 11.1 Å². The predicted octanol–water partition coefficient (Wildman–Crippen LogP) is 0.738. The number of ether oxygens (including phenoxy) is 1. The molecule has 0 unspecified atom stereocenters. The van der Waals surface area contributed by atoms with E-state index in [0.29, 0.717) is 5.92 Å². The maximum absolute atomic E-state index is 6.34. The minimum atomic E-state index is 0.240. The quantitative estimate of drug-likeness (QED) is 0.653. The van der Waals surface area contributed by atoms with E-state index < -0.39 is 0 Å². The molecule has 0 aromatic carbocycles. The number of hydrogen-bond donors (Lipinski definition) is 2. The van der Waals surface area contributed by atoms with Crippen molar-refractivity contribution >= 4 is 0 Å². The molecule has 0 aromatic rings. The summed E-state index contributed by atoms with van der Waals surface area (Å²) in [7, 11) is 0. The molecule has 3 nitrogen and oxygen atoms in total. The highest BCUT2D eigenvalue weighted by Gasteiger charge is 2.48. The fourth-order valence-electron chi connectivity index (χ4n) is 2.82. The minimum absolute atomic E-state index is 0.240. The molecular formula is C11H22N2O. The average Bonchev–Trinajstić information content (AvgIpc) is 2.46. The molecule has 2 fully saturated rings. The van der Waals surface area contributed by atoms with Crippen LogP contribution in [0.4, 0.5) is 0 Å². The van der Waals surface area contributed by atoms with Gasteiger partial charge in [-0.3, -0.25) is 0 Å². The first-order valence-corrected chi connectivity index (χ1v) is 5.74. The average molecular weight is 198 g/mol. The molecule has 2 atom stereocenters. The SMILES string of the molecule is CC(C)[C@@H]1OCC2(CCNCC2)[C@@H]1N. The van der Waals surface area contributed by atoms with Crippen LogP contribution >= 0.6 is 0 Å². The van der Waals surface area contributed by atoms with Gasteiger partial charge in [-0.05, 0) is 31.8 Å². The van der Waals surface area contributed by atoms with Crippen molar-refractivity contribution in [2.75, 3.05) is 19.7 Å². The molecule has 1 spiro atoms. The summed E-state index contributed by atoms with van der Waals surface area (Å²) in [5, 5.41) is 3.39. The van der Waals surface area contributed by atoms with Gasteiger partial charge in [0.2, 0.25) is 0 Å². The van der Waals surface area contributed by atoms with Crippen molar-refractivity contribution in [1.29, 1.82) is 0 Å². The third kappa shape index (κ3) is 1.58. The number of nitrogens with two attached hydrogens (primary N) is 1. The summed E-state index contributed by atoms with van der Waals surface area (Å²) in [6.45, 7) is 7.47. The van der Waals surface area contributed by atoms with Gasteiger partial charge >= 0.3 is 0 Å². The maximum Gasteiger partial charge on any atom is 0.0755 e. The monoisotopic (exact) mass is 198 g/mol. The lowest BCUT2D eigenvalue weighted by Crippen LogP contribution is -2.50. The van der Waals surface area contributed by atoms with Crippen LogP contribution in [0.1, 0.15) is 26.7 Å². The summed E-state index contributed by atoms with van der Waals surface area (Å²) in [5.41, 5.74) is 6.61. The third-order valence-electron chi connectivity index (χ3n) is 3.88. The van der Waals surface area contributed by atoms with E-state index in [4.69, 9.17) is 10.5 Å². The summed E-state index contributed by atoms with van der Waals surface area (Å²) >= 11 is 0. The summed E-state index contributed by atoms with van der Waals surface area (Å²) in [4.78, 5) is 0. The molecule has 0 saturated carbocycles. The Morgan fingerprint density at radius 2 is 2.00 bits per heavy atom. The van der Waals surface area contributed by atoms with Crippen LogP contribution in [0, 0.1) is 11.3 Å². The van der Waals surface area contributed by atoms with E-state index in [9.17, 15) is 0 Å². The van der Waals surface area contributed by atoms with Gasteiger partial charge in [0.25, 0.3) is 0 Å². The smallest absolute Gasteiger partial charge is 0.0755 e. The summed E-state index contributed by atoms with van der Waals surface area (Å²) in [6, 6.07) is 0.240. The molecule has 2 saturated heterocycles. The molecule has 14 heavy (non-hydrogen) atoms. The Labute approximate surface area is 86.4 Å². The second-order valence-electron chi connectivity index (χ2n) is 5.16. The molecule has 0 bridgehead atoms. The van der Waals surface area contributed by atoms with Crippen LogP contribution in [0.3, 0.4) is 0 Å². The van der Waals surface area contributed by atoms with E-state index in [1.807, 2.05) is 0 Å². The van der Waals surface area contributed by atoms with Crippen LogP contribution in [0.25, 0.3) is 0 Å². The maximum atomic E-state index is 6.34. The molecule has 82 valence electrons. The molecule has 0 aliphatic carbocycles. The van der Waals surface area contributed by atoms with E-state index in [1.165, 1.54) is 12.8 Å². The van der Waals surface area contributed by atoms with Crippen LogP contribution in [-0.2, 0) is 4.74 Å². The highest BCUT2D eigenvalue weighted by Crippen LogP contribution is 2.41. The molecule has 0 amide bonds. The van der Waals surface area contributed by atoms with Crippen molar-refractivity contribution < 1.29 is 4.74 Å². The Bertz CT molecular complexity index is 199. The fraction of sp³-hybridized carbons (Fsp3) is 1.00. The lowest BCUT2D eigenvalue weighted by Gasteiger charge is -2.37. The summed E-state index contributed by atoms with van der Waals surface area (Å²) in [6.07, 6.45) is 2.63. The number of piperidine rings is 1. The first kappa shape index (κ1) is 10.4. The second-order valence-corrected chi connectivity index (χ2v) is 5.16. The Balaban J connectivity index is 2.07. The third-order valence-corrected chi connectivity index (χ3v) is 3.88. The lowest BCUT2D eigenvalue weighted by atomic mass is 9.72. The number of hydrogen-bond acceptors (Lipinski definition) is 3. The van der Waals surface area contributed by atoms with Gasteiger partial charge in [0, 0.05) is 11.5 Å². The summed E-state index contributed by atoms with van der Waals surface area (Å²) in [5.74, 6) is 0.541. The van der Waals surface area contributed by atoms with Crippen molar-refractivity contribution in [1.82, 2.24) is 5.32 Å². The predicted molar refractivity (Wildman–Crippen MR) is 57.1 cm³/mol. The highest BCUT2D eigenvalue weighted by atomic mass is 16.5. The Hall–Kier alpha value is -0.120. The normalized spacial score (nSPS) is 36.9. The molecule has 0 radical (unpaired) electrons. The zero-order chi connectivity index (χ0) is 10.2. The van der Waals surface area contributed by atoms with Gasteiger partial charge in [-0.1, -0.05) is 13.8 Å². The Kier molecular flexibility index (Phi) is 2.82. The van der Waals surface area contributed by atoms with Crippen LogP contribution in [0.2, 0.25) is 0 Å². The van der Waals surface area contributed by atoms with Crippen molar-refractivity contribution in [2.45, 2.75) is 38.8 Å². The van der Waals surface area contributed by atoms with E-state index in [0.717, 1.165) is 19.7 Å². The van der Waals surface area contributed by atoms with Crippen LogP contribution in [-0.4, -0.2) is 31.8 Å². The molecule has 2 aliphatic rings. The lowest BCUT2D eigenvalue weighted by molar-refractivity contribution is 0.0601. The molecule has 2 aliphatic heterocycles. The van der Waals surface area contributed by atoms with Gasteiger partial charge in [-0.25, -0.2) is 0 Å². The molecule has 3 N–H and O–H groups in total. The molecule has 2 rings (SSSR count). The Morgan fingerprint density at radius 3 is 2.50 bits per heavy atom. The molecule has 0 aromatic heterocycles. The van der Waals surface area contributed by atoms with E-state index in [2.05, 4.69) is 19.2 Å². The highest BCUT2D eigenvalue weighted by molar-refractivity contribution is 5.01. The van der Waals surface area contributed by atoms with Crippen molar-refractivity contribution in [3.8, 4) is 0 Å². The van der Waals surface area contributed by atoms with Gasteiger partial charge in [0.15, 0.2) is 0 Å². The van der Waals surface area contributed by atoms with Crippen LogP contribution in [0.5, 0.6) is 0 Å². The zero-order valence-corrected chi connectivity index (χ0v) is 9.25. The zero-order valence-electron chi connectivity index (χ0n) is 9.25. The van der Waals surface area contributed by atoms with E-state index in [-0.39, 0.29) is 17.6 Å². The van der Waals surface area contributed by atoms with Crippen LogP contribution in [0.15, 0.2) is 0 Å². The Morgan fingerprint density at radius 1 is 1.36 bits per heavy atom. The fourth-order valence-corrected chi connectivity index (χ4v) is 2.82. The van der Waals surface area contributed by atoms with Gasteiger partial charge in [-0.15, -0.1) is 0 Å². The largest absolute Gasteiger partial charge is 0.376 e. The van der Waals surface area contributed by atoms with Crippen molar-refractivity contribution in [3.05, 3.63) is 0 Å². The van der Waals surface area contributed by atoms with Crippen molar-refractivity contribution in [2.24, 2.45) is 17.1 Å². The van der Waals surface area contributed by atoms with Gasteiger partial charge < -0.3 is 15.8 Å². The van der Waals surface area contributed by atoms with E-state index >= 15 is 0 Å². The standard InChI is InChI=1S/C11H22N2O/c1-8(2)9-10(12)11(7-14-9)3-5-13-6-4-11/h8-10,13H,3-7,12H2,1-2H3/t9-,10+/m0/s1. The minimum Gasteiger partial charge on any atom is -0.376 e. The first-order valence-electron chi connectivity index (χ1n) is 5.74. The van der Waals surface area contributed by atoms with Gasteiger partial charge in [0.1, 0.15) is 0 Å².